The van der Waals surface area contributed by atoms with Crippen LogP contribution in [-0.4, -0.2) is 31.6 Å². The molecule has 1 saturated carbocycles. The summed E-state index contributed by atoms with van der Waals surface area (Å²) in [6, 6.07) is 12.0. The van der Waals surface area contributed by atoms with Gasteiger partial charge in [-0.05, 0) is 50.8 Å². The van der Waals surface area contributed by atoms with Gasteiger partial charge in [-0.15, -0.1) is 0 Å². The summed E-state index contributed by atoms with van der Waals surface area (Å²) < 4.78 is 0. The van der Waals surface area contributed by atoms with Gasteiger partial charge in [0.2, 0.25) is 0 Å². The summed E-state index contributed by atoms with van der Waals surface area (Å²) in [6.07, 6.45) is 4.06. The van der Waals surface area contributed by atoms with E-state index in [1.54, 1.807) is 0 Å². The molecule has 2 rings (SSSR count). The fourth-order valence-electron chi connectivity index (χ4n) is 3.67. The Labute approximate surface area is 124 Å². The van der Waals surface area contributed by atoms with Crippen molar-refractivity contribution < 1.29 is 0 Å². The van der Waals surface area contributed by atoms with Crippen molar-refractivity contribution in [3.05, 3.63) is 35.9 Å². The molecule has 0 spiro atoms. The molecule has 112 valence electrons. The zero-order chi connectivity index (χ0) is 14.5. The molecule has 2 heteroatoms. The summed E-state index contributed by atoms with van der Waals surface area (Å²) in [5.41, 5.74) is 1.40. The van der Waals surface area contributed by atoms with E-state index in [-0.39, 0.29) is 0 Å². The Bertz CT molecular complexity index is 378. The summed E-state index contributed by atoms with van der Waals surface area (Å²) in [5.74, 6) is 1.73. The third-order valence-electron chi connectivity index (χ3n) is 4.59. The predicted octanol–water partition coefficient (Wildman–Crippen LogP) is 3.70. The first kappa shape index (κ1) is 15.5. The zero-order valence-corrected chi connectivity index (χ0v) is 13.5. The molecule has 1 aliphatic rings. The molecule has 1 fully saturated rings. The Morgan fingerprint density at radius 3 is 2.20 bits per heavy atom. The largest absolute Gasteiger partial charge is 0.312 e. The lowest BCUT2D eigenvalue weighted by Gasteiger charge is -2.34. The Morgan fingerprint density at radius 1 is 1.05 bits per heavy atom. The van der Waals surface area contributed by atoms with Crippen LogP contribution in [0.5, 0.6) is 0 Å². The minimum Gasteiger partial charge on any atom is -0.312 e. The van der Waals surface area contributed by atoms with Gasteiger partial charge in [-0.1, -0.05) is 44.2 Å². The highest BCUT2D eigenvalue weighted by molar-refractivity contribution is 5.19. The van der Waals surface area contributed by atoms with Crippen molar-refractivity contribution in [3.8, 4) is 0 Å². The van der Waals surface area contributed by atoms with Crippen molar-refractivity contribution in [1.29, 1.82) is 0 Å². The standard InChI is InChI=1S/C18H30N2/c1-14-10-15(2)12-17(11-14)19-13-18(20(3)4)16-8-6-5-7-9-16/h5-9,14-15,17-19H,10-13H2,1-4H3. The molecular formula is C18H30N2. The number of hydrogen-bond acceptors (Lipinski definition) is 2. The second-order valence-corrected chi connectivity index (χ2v) is 6.91. The van der Waals surface area contributed by atoms with Crippen LogP contribution in [0.2, 0.25) is 0 Å². The van der Waals surface area contributed by atoms with E-state index in [0.29, 0.717) is 12.1 Å². The van der Waals surface area contributed by atoms with Crippen LogP contribution in [0.3, 0.4) is 0 Å². The highest BCUT2D eigenvalue weighted by Crippen LogP contribution is 2.29. The maximum absolute atomic E-state index is 3.82. The van der Waals surface area contributed by atoms with E-state index in [4.69, 9.17) is 0 Å². The normalized spacial score (nSPS) is 28.6. The van der Waals surface area contributed by atoms with Gasteiger partial charge in [0.15, 0.2) is 0 Å². The van der Waals surface area contributed by atoms with Crippen LogP contribution < -0.4 is 5.32 Å². The molecule has 0 amide bonds. The first-order valence-corrected chi connectivity index (χ1v) is 8.01. The second-order valence-electron chi connectivity index (χ2n) is 6.91. The van der Waals surface area contributed by atoms with Crippen LogP contribution >= 0.6 is 0 Å². The van der Waals surface area contributed by atoms with Crippen LogP contribution in [0, 0.1) is 11.8 Å². The van der Waals surface area contributed by atoms with Crippen LogP contribution in [0.15, 0.2) is 30.3 Å². The number of nitrogens with zero attached hydrogens (tertiary/aromatic N) is 1. The Balaban J connectivity index is 1.93. The van der Waals surface area contributed by atoms with E-state index in [1.807, 2.05) is 0 Å². The monoisotopic (exact) mass is 274 g/mol. The fraction of sp³-hybridized carbons (Fsp3) is 0.667. The van der Waals surface area contributed by atoms with Crippen molar-refractivity contribution >= 4 is 0 Å². The molecule has 1 aromatic rings. The van der Waals surface area contributed by atoms with Crippen molar-refractivity contribution in [2.75, 3.05) is 20.6 Å². The number of likely N-dealkylation sites (N-methyl/N-ethyl adjacent to an activating group) is 1. The minimum atomic E-state index is 0.462. The molecule has 0 saturated heterocycles. The first-order chi connectivity index (χ1) is 9.56. The van der Waals surface area contributed by atoms with Gasteiger partial charge in [-0.3, -0.25) is 0 Å². The lowest BCUT2D eigenvalue weighted by Crippen LogP contribution is -2.40. The lowest BCUT2D eigenvalue weighted by molar-refractivity contribution is 0.216. The molecule has 0 aromatic heterocycles. The topological polar surface area (TPSA) is 15.3 Å². The quantitative estimate of drug-likeness (QED) is 0.880. The summed E-state index contributed by atoms with van der Waals surface area (Å²) >= 11 is 0. The molecule has 3 atom stereocenters. The second kappa shape index (κ2) is 7.24. The number of nitrogens with one attached hydrogen (secondary N) is 1. The Hall–Kier alpha value is -0.860. The molecule has 0 bridgehead atoms. The Morgan fingerprint density at radius 2 is 1.65 bits per heavy atom. The predicted molar refractivity (Wildman–Crippen MR) is 86.8 cm³/mol. The molecule has 0 heterocycles. The highest BCUT2D eigenvalue weighted by Gasteiger charge is 2.24. The molecular weight excluding hydrogens is 244 g/mol. The Kier molecular flexibility index (Phi) is 5.62. The molecule has 20 heavy (non-hydrogen) atoms. The van der Waals surface area contributed by atoms with Gasteiger partial charge in [0.1, 0.15) is 0 Å². The van der Waals surface area contributed by atoms with Crippen LogP contribution in [0.1, 0.15) is 44.7 Å². The minimum absolute atomic E-state index is 0.462. The molecule has 2 nitrogen and oxygen atoms in total. The first-order valence-electron chi connectivity index (χ1n) is 8.01. The maximum Gasteiger partial charge on any atom is 0.0466 e. The zero-order valence-electron chi connectivity index (χ0n) is 13.5. The van der Waals surface area contributed by atoms with Crippen LogP contribution in [0.4, 0.5) is 0 Å². The third-order valence-corrected chi connectivity index (χ3v) is 4.59. The summed E-state index contributed by atoms with van der Waals surface area (Å²) in [5, 5.41) is 3.82. The van der Waals surface area contributed by atoms with Gasteiger partial charge in [0, 0.05) is 18.6 Å². The van der Waals surface area contributed by atoms with Gasteiger partial charge < -0.3 is 10.2 Å². The van der Waals surface area contributed by atoms with Gasteiger partial charge in [-0.2, -0.15) is 0 Å². The molecule has 1 aromatic carbocycles. The van der Waals surface area contributed by atoms with Crippen molar-refractivity contribution in [2.45, 2.75) is 45.2 Å². The van der Waals surface area contributed by atoms with Crippen LogP contribution in [-0.2, 0) is 0 Å². The third kappa shape index (κ3) is 4.32. The van der Waals surface area contributed by atoms with E-state index in [0.717, 1.165) is 18.4 Å². The van der Waals surface area contributed by atoms with Gasteiger partial charge >= 0.3 is 0 Å². The molecule has 3 unspecified atom stereocenters. The van der Waals surface area contributed by atoms with E-state index in [2.05, 4.69) is 68.5 Å². The summed E-state index contributed by atoms with van der Waals surface area (Å²) in [6.45, 7) is 5.83. The summed E-state index contributed by atoms with van der Waals surface area (Å²) in [4.78, 5) is 2.32. The molecule has 0 radical (unpaired) electrons. The maximum atomic E-state index is 3.82. The van der Waals surface area contributed by atoms with Crippen molar-refractivity contribution in [3.63, 3.8) is 0 Å². The van der Waals surface area contributed by atoms with E-state index < -0.39 is 0 Å². The smallest absolute Gasteiger partial charge is 0.0466 e. The number of hydrogen-bond donors (Lipinski definition) is 1. The van der Waals surface area contributed by atoms with E-state index in [9.17, 15) is 0 Å². The van der Waals surface area contributed by atoms with Gasteiger partial charge in [-0.25, -0.2) is 0 Å². The van der Waals surface area contributed by atoms with E-state index in [1.165, 1.54) is 24.8 Å². The average molecular weight is 274 g/mol. The highest BCUT2D eigenvalue weighted by atomic mass is 15.1. The van der Waals surface area contributed by atoms with Gasteiger partial charge in [0.25, 0.3) is 0 Å². The fourth-order valence-corrected chi connectivity index (χ4v) is 3.67. The van der Waals surface area contributed by atoms with E-state index >= 15 is 0 Å². The average Bonchev–Trinajstić information content (AvgIpc) is 2.38. The SMILES string of the molecule is CC1CC(C)CC(NCC(c2ccccc2)N(C)C)C1. The molecule has 1 aliphatic carbocycles. The summed E-state index contributed by atoms with van der Waals surface area (Å²) in [7, 11) is 4.34. The van der Waals surface area contributed by atoms with Gasteiger partial charge in [0.05, 0.1) is 0 Å². The van der Waals surface area contributed by atoms with Crippen LogP contribution in [0.25, 0.3) is 0 Å². The van der Waals surface area contributed by atoms with Crippen molar-refractivity contribution in [1.82, 2.24) is 10.2 Å². The number of rotatable bonds is 5. The molecule has 1 N–H and O–H groups in total. The lowest BCUT2D eigenvalue weighted by atomic mass is 9.80. The van der Waals surface area contributed by atoms with Crippen molar-refractivity contribution in [2.24, 2.45) is 11.8 Å². The number of benzene rings is 1. The molecule has 0 aliphatic heterocycles.